The van der Waals surface area contributed by atoms with Gasteiger partial charge in [0.2, 0.25) is 0 Å². The summed E-state index contributed by atoms with van der Waals surface area (Å²) in [5.41, 5.74) is -1.16. The van der Waals surface area contributed by atoms with E-state index in [9.17, 15) is 28.1 Å². The number of halogens is 3. The van der Waals surface area contributed by atoms with E-state index in [-0.39, 0.29) is 23.1 Å². The van der Waals surface area contributed by atoms with Crippen LogP contribution in [0.3, 0.4) is 0 Å². The van der Waals surface area contributed by atoms with Gasteiger partial charge in [-0.1, -0.05) is 0 Å². The fourth-order valence-electron chi connectivity index (χ4n) is 3.08. The third-order valence-electron chi connectivity index (χ3n) is 4.54. The van der Waals surface area contributed by atoms with E-state index in [2.05, 4.69) is 9.72 Å². The minimum absolute atomic E-state index is 0.131. The lowest BCUT2D eigenvalue weighted by Crippen LogP contribution is -2.47. The van der Waals surface area contributed by atoms with E-state index in [1.54, 1.807) is 12.1 Å². The molecule has 10 heteroatoms. The first kappa shape index (κ1) is 19.6. The maximum atomic E-state index is 13.2. The Hall–Kier alpha value is -3.17. The van der Waals surface area contributed by atoms with Gasteiger partial charge in [-0.25, -0.2) is 0 Å². The number of aromatic nitrogens is 1. The van der Waals surface area contributed by atoms with Crippen molar-refractivity contribution in [1.82, 2.24) is 4.98 Å². The molecule has 148 valence electrons. The van der Waals surface area contributed by atoms with Gasteiger partial charge in [-0.15, -0.1) is 0 Å². The summed E-state index contributed by atoms with van der Waals surface area (Å²) in [5, 5.41) is 10.9. The number of nitro benzene ring substituents is 1. The van der Waals surface area contributed by atoms with Gasteiger partial charge in [0.05, 0.1) is 24.1 Å². The average molecular weight is 395 g/mol. The summed E-state index contributed by atoms with van der Waals surface area (Å²) in [6.07, 6.45) is -3.08. The monoisotopic (exact) mass is 395 g/mol. The summed E-state index contributed by atoms with van der Waals surface area (Å²) < 4.78 is 44.2. The third kappa shape index (κ3) is 4.05. The summed E-state index contributed by atoms with van der Waals surface area (Å²) in [6.45, 7) is 1.24. The zero-order valence-electron chi connectivity index (χ0n) is 14.8. The lowest BCUT2D eigenvalue weighted by molar-refractivity contribution is -0.388. The highest BCUT2D eigenvalue weighted by Crippen LogP contribution is 2.38. The third-order valence-corrected chi connectivity index (χ3v) is 4.54. The topological polar surface area (TPSA) is 85.6 Å². The van der Waals surface area contributed by atoms with Gasteiger partial charge in [0.1, 0.15) is 5.56 Å². The van der Waals surface area contributed by atoms with E-state index in [1.165, 1.54) is 19.4 Å². The standard InChI is InChI=1S/C18H16F3N3O4/c1-28-17(25)6-11-9-23(10-11)13-4-5-22-15(8-13)12-2-3-16(24(26)27)14(7-12)18(19,20)21/h2-5,7-8,11H,6,9-10H2,1H3. The number of nitro groups is 1. The Bertz CT molecular complexity index is 911. The Kier molecular flexibility index (Phi) is 5.21. The molecule has 0 bridgehead atoms. The van der Waals surface area contributed by atoms with Crippen LogP contribution in [0.4, 0.5) is 24.5 Å². The number of alkyl halides is 3. The van der Waals surface area contributed by atoms with Crippen LogP contribution >= 0.6 is 0 Å². The van der Waals surface area contributed by atoms with Crippen LogP contribution in [-0.2, 0) is 15.7 Å². The maximum Gasteiger partial charge on any atom is 0.423 e. The van der Waals surface area contributed by atoms with E-state index in [1.807, 2.05) is 4.90 Å². The normalized spacial score (nSPS) is 14.5. The Balaban J connectivity index is 1.83. The van der Waals surface area contributed by atoms with E-state index in [0.717, 1.165) is 17.8 Å². The van der Waals surface area contributed by atoms with Crippen molar-refractivity contribution in [1.29, 1.82) is 0 Å². The summed E-state index contributed by atoms with van der Waals surface area (Å²) in [6, 6.07) is 6.15. The highest BCUT2D eigenvalue weighted by Gasteiger charge is 2.38. The van der Waals surface area contributed by atoms with Gasteiger partial charge in [-0.3, -0.25) is 19.9 Å². The Morgan fingerprint density at radius 2 is 2.04 bits per heavy atom. The molecule has 0 aliphatic carbocycles. The highest BCUT2D eigenvalue weighted by molar-refractivity contribution is 5.71. The largest absolute Gasteiger partial charge is 0.469 e. The fraction of sp³-hybridized carbons (Fsp3) is 0.333. The van der Waals surface area contributed by atoms with Crippen LogP contribution in [0, 0.1) is 16.0 Å². The minimum atomic E-state index is -4.85. The second kappa shape index (κ2) is 7.45. The van der Waals surface area contributed by atoms with Crippen LogP contribution in [0.1, 0.15) is 12.0 Å². The van der Waals surface area contributed by atoms with Gasteiger partial charge in [-0.2, -0.15) is 13.2 Å². The summed E-state index contributed by atoms with van der Waals surface area (Å²) in [7, 11) is 1.33. The van der Waals surface area contributed by atoms with Crippen molar-refractivity contribution < 1.29 is 27.6 Å². The van der Waals surface area contributed by atoms with Crippen LogP contribution in [-0.4, -0.2) is 36.1 Å². The molecule has 28 heavy (non-hydrogen) atoms. The van der Waals surface area contributed by atoms with Crippen molar-refractivity contribution in [3.8, 4) is 11.3 Å². The number of anilines is 1. The van der Waals surface area contributed by atoms with Crippen molar-refractivity contribution in [2.45, 2.75) is 12.6 Å². The number of pyridine rings is 1. The maximum absolute atomic E-state index is 13.2. The molecule has 3 rings (SSSR count). The van der Waals surface area contributed by atoms with E-state index in [0.29, 0.717) is 19.5 Å². The molecule has 0 unspecified atom stereocenters. The lowest BCUT2D eigenvalue weighted by Gasteiger charge is -2.40. The number of hydrogen-bond donors (Lipinski definition) is 0. The van der Waals surface area contributed by atoms with Crippen LogP contribution in [0.15, 0.2) is 36.5 Å². The molecule has 2 aromatic rings. The van der Waals surface area contributed by atoms with E-state index >= 15 is 0 Å². The fourth-order valence-corrected chi connectivity index (χ4v) is 3.08. The Morgan fingerprint density at radius 1 is 1.32 bits per heavy atom. The number of benzene rings is 1. The van der Waals surface area contributed by atoms with Gasteiger partial charge < -0.3 is 9.64 Å². The number of ether oxygens (including phenoxy) is 1. The van der Waals surface area contributed by atoms with E-state index < -0.39 is 22.4 Å². The molecule has 1 aliphatic rings. The van der Waals surface area contributed by atoms with Gasteiger partial charge >= 0.3 is 12.1 Å². The molecular formula is C18H16F3N3O4. The number of hydrogen-bond acceptors (Lipinski definition) is 6. The van der Waals surface area contributed by atoms with Crippen LogP contribution in [0.2, 0.25) is 0 Å². The predicted molar refractivity (Wildman–Crippen MR) is 93.7 cm³/mol. The van der Waals surface area contributed by atoms with Gasteiger partial charge in [-0.05, 0) is 24.3 Å². The van der Waals surface area contributed by atoms with Gasteiger partial charge in [0.15, 0.2) is 0 Å². The van der Waals surface area contributed by atoms with Crippen molar-refractivity contribution in [2.75, 3.05) is 25.1 Å². The number of carbonyl (C=O) groups excluding carboxylic acids is 1. The molecule has 1 saturated heterocycles. The summed E-state index contributed by atoms with van der Waals surface area (Å²) in [5.74, 6) is -0.133. The number of carbonyl (C=O) groups is 1. The number of esters is 1. The van der Waals surface area contributed by atoms with Gasteiger partial charge in [0, 0.05) is 42.5 Å². The number of methoxy groups -OCH3 is 1. The lowest BCUT2D eigenvalue weighted by atomic mass is 9.95. The Morgan fingerprint density at radius 3 is 2.64 bits per heavy atom. The molecule has 0 atom stereocenters. The molecule has 0 amide bonds. The summed E-state index contributed by atoms with van der Waals surface area (Å²) >= 11 is 0. The molecule has 1 aliphatic heterocycles. The van der Waals surface area contributed by atoms with Crippen molar-refractivity contribution >= 4 is 17.3 Å². The smallest absolute Gasteiger partial charge is 0.423 e. The highest BCUT2D eigenvalue weighted by atomic mass is 19.4. The molecule has 2 heterocycles. The molecule has 0 radical (unpaired) electrons. The molecule has 7 nitrogen and oxygen atoms in total. The van der Waals surface area contributed by atoms with Crippen LogP contribution < -0.4 is 4.90 Å². The van der Waals surface area contributed by atoms with Crippen molar-refractivity contribution in [3.63, 3.8) is 0 Å². The number of rotatable bonds is 5. The molecule has 0 spiro atoms. The minimum Gasteiger partial charge on any atom is -0.469 e. The predicted octanol–water partition coefficient (Wildman–Crippen LogP) is 3.67. The Labute approximate surface area is 157 Å². The quantitative estimate of drug-likeness (QED) is 0.436. The molecule has 1 aromatic carbocycles. The first-order chi connectivity index (χ1) is 13.2. The molecule has 0 N–H and O–H groups in total. The van der Waals surface area contributed by atoms with Crippen LogP contribution in [0.25, 0.3) is 11.3 Å². The average Bonchev–Trinajstić information content (AvgIpc) is 2.62. The van der Waals surface area contributed by atoms with Gasteiger partial charge in [0.25, 0.3) is 5.69 Å². The second-order valence-corrected chi connectivity index (χ2v) is 6.44. The van der Waals surface area contributed by atoms with Crippen molar-refractivity contribution in [3.05, 3.63) is 52.2 Å². The van der Waals surface area contributed by atoms with Crippen molar-refractivity contribution in [2.24, 2.45) is 5.92 Å². The zero-order chi connectivity index (χ0) is 20.5. The first-order valence-electron chi connectivity index (χ1n) is 8.33. The molecular weight excluding hydrogens is 379 g/mol. The summed E-state index contributed by atoms with van der Waals surface area (Å²) in [4.78, 5) is 27.2. The SMILES string of the molecule is COC(=O)CC1CN(c2ccnc(-c3ccc([N+](=O)[O-])c(C(F)(F)F)c3)c2)C1. The van der Waals surface area contributed by atoms with Crippen LogP contribution in [0.5, 0.6) is 0 Å². The first-order valence-corrected chi connectivity index (χ1v) is 8.33. The number of nitrogens with zero attached hydrogens (tertiary/aromatic N) is 3. The molecule has 1 aromatic heterocycles. The molecule has 0 saturated carbocycles. The zero-order valence-corrected chi connectivity index (χ0v) is 14.8. The molecule has 1 fully saturated rings. The second-order valence-electron chi connectivity index (χ2n) is 6.44. The van der Waals surface area contributed by atoms with E-state index in [4.69, 9.17) is 0 Å².